The normalized spacial score (nSPS) is 19.4. The van der Waals surface area contributed by atoms with E-state index in [0.717, 1.165) is 43.9 Å². The van der Waals surface area contributed by atoms with Crippen LogP contribution in [0.4, 0.5) is 0 Å². The van der Waals surface area contributed by atoms with Crippen LogP contribution in [0.25, 0.3) is 0 Å². The molecule has 4 heteroatoms. The number of nitriles is 1. The molecule has 19 heavy (non-hydrogen) atoms. The number of rotatable bonds is 4. The topological polar surface area (TPSA) is 48.3 Å². The maximum atomic E-state index is 9.77. The van der Waals surface area contributed by atoms with Crippen LogP contribution in [0.3, 0.4) is 0 Å². The second-order valence-corrected chi connectivity index (χ2v) is 4.79. The lowest BCUT2D eigenvalue weighted by molar-refractivity contribution is 0.113. The second-order valence-electron chi connectivity index (χ2n) is 4.79. The fourth-order valence-electron chi connectivity index (χ4n) is 2.74. The third-order valence-corrected chi connectivity index (χ3v) is 3.92. The highest BCUT2D eigenvalue weighted by Crippen LogP contribution is 2.32. The molecule has 0 bridgehead atoms. The van der Waals surface area contributed by atoms with Gasteiger partial charge in [-0.1, -0.05) is 19.1 Å². The summed E-state index contributed by atoms with van der Waals surface area (Å²) in [6, 6.07) is 10.4. The molecule has 1 unspecified atom stereocenters. The fraction of sp³-hybridized carbons (Fsp3) is 0.533. The van der Waals surface area contributed by atoms with Gasteiger partial charge < -0.3 is 10.1 Å². The van der Waals surface area contributed by atoms with Gasteiger partial charge in [0, 0.05) is 26.2 Å². The van der Waals surface area contributed by atoms with Crippen LogP contribution in [0.15, 0.2) is 24.3 Å². The third-order valence-electron chi connectivity index (χ3n) is 3.92. The monoisotopic (exact) mass is 259 g/mol. The van der Waals surface area contributed by atoms with Gasteiger partial charge in [-0.15, -0.1) is 0 Å². The van der Waals surface area contributed by atoms with Gasteiger partial charge in [0.05, 0.1) is 13.2 Å². The number of hydrogen-bond acceptors (Lipinski definition) is 4. The van der Waals surface area contributed by atoms with Gasteiger partial charge in [0.2, 0.25) is 0 Å². The van der Waals surface area contributed by atoms with Gasteiger partial charge in [0.25, 0.3) is 0 Å². The number of methoxy groups -OCH3 is 1. The Morgan fingerprint density at radius 3 is 2.42 bits per heavy atom. The second kappa shape index (κ2) is 6.05. The van der Waals surface area contributed by atoms with E-state index in [-0.39, 0.29) is 0 Å². The van der Waals surface area contributed by atoms with Crippen LogP contribution < -0.4 is 10.1 Å². The van der Waals surface area contributed by atoms with E-state index >= 15 is 0 Å². The zero-order valence-corrected chi connectivity index (χ0v) is 11.6. The molecule has 0 aliphatic carbocycles. The Hall–Kier alpha value is -1.57. The maximum absolute atomic E-state index is 9.77. The van der Waals surface area contributed by atoms with Crippen LogP contribution in [0.5, 0.6) is 5.75 Å². The first-order valence-electron chi connectivity index (χ1n) is 6.78. The first-order chi connectivity index (χ1) is 9.26. The number of nitrogens with zero attached hydrogens (tertiary/aromatic N) is 2. The van der Waals surface area contributed by atoms with E-state index in [1.165, 1.54) is 0 Å². The molecule has 1 fully saturated rings. The Bertz CT molecular complexity index is 445. The largest absolute Gasteiger partial charge is 0.497 e. The SMILES string of the molecule is CCC(C#N)(c1ccc(OC)cc1)N1CCNCC1. The minimum absolute atomic E-state index is 0.519. The molecule has 0 saturated carbocycles. The zero-order valence-electron chi connectivity index (χ0n) is 11.6. The summed E-state index contributed by atoms with van der Waals surface area (Å²) in [5.41, 5.74) is 0.536. The molecule has 1 atom stereocenters. The van der Waals surface area contributed by atoms with Crippen LogP contribution in [-0.2, 0) is 5.54 Å². The minimum Gasteiger partial charge on any atom is -0.497 e. The summed E-state index contributed by atoms with van der Waals surface area (Å²) in [5.74, 6) is 0.826. The molecule has 1 aromatic rings. The van der Waals surface area contributed by atoms with Gasteiger partial charge in [0.1, 0.15) is 11.3 Å². The van der Waals surface area contributed by atoms with E-state index in [2.05, 4.69) is 23.2 Å². The molecular formula is C15H21N3O. The van der Waals surface area contributed by atoms with Crippen LogP contribution in [-0.4, -0.2) is 38.2 Å². The predicted octanol–water partition coefficient (Wildman–Crippen LogP) is 1.73. The molecule has 2 rings (SSSR count). The predicted molar refractivity (Wildman–Crippen MR) is 75.0 cm³/mol. The van der Waals surface area contributed by atoms with E-state index in [0.29, 0.717) is 0 Å². The molecular weight excluding hydrogens is 238 g/mol. The van der Waals surface area contributed by atoms with E-state index in [1.807, 2.05) is 24.3 Å². The number of ether oxygens (including phenoxy) is 1. The van der Waals surface area contributed by atoms with E-state index in [4.69, 9.17) is 4.74 Å². The molecule has 1 aliphatic heterocycles. The molecule has 1 aliphatic rings. The van der Waals surface area contributed by atoms with Crippen molar-refractivity contribution in [3.05, 3.63) is 29.8 Å². The number of hydrogen-bond donors (Lipinski definition) is 1. The number of nitrogens with one attached hydrogen (secondary N) is 1. The van der Waals surface area contributed by atoms with E-state index in [1.54, 1.807) is 7.11 Å². The molecule has 1 aromatic carbocycles. The Kier molecular flexibility index (Phi) is 4.41. The molecule has 1 saturated heterocycles. The van der Waals surface area contributed by atoms with E-state index in [9.17, 15) is 5.26 Å². The number of piperazine rings is 1. The summed E-state index contributed by atoms with van der Waals surface area (Å²) in [4.78, 5) is 2.28. The first kappa shape index (κ1) is 13.9. The summed E-state index contributed by atoms with van der Waals surface area (Å²) in [7, 11) is 1.66. The van der Waals surface area contributed by atoms with Crippen LogP contribution in [0, 0.1) is 11.3 Å². The van der Waals surface area contributed by atoms with Gasteiger partial charge in [-0.05, 0) is 24.1 Å². The van der Waals surface area contributed by atoms with Gasteiger partial charge >= 0.3 is 0 Å². The van der Waals surface area contributed by atoms with Crippen molar-refractivity contribution in [3.63, 3.8) is 0 Å². The average molecular weight is 259 g/mol. The lowest BCUT2D eigenvalue weighted by Crippen LogP contribution is -2.53. The average Bonchev–Trinajstić information content (AvgIpc) is 2.51. The van der Waals surface area contributed by atoms with Crippen molar-refractivity contribution >= 4 is 0 Å². The molecule has 1 heterocycles. The van der Waals surface area contributed by atoms with Crippen molar-refractivity contribution in [2.75, 3.05) is 33.3 Å². The Morgan fingerprint density at radius 1 is 1.32 bits per heavy atom. The standard InChI is InChI=1S/C15H21N3O/c1-3-15(12-16,18-10-8-17-9-11-18)13-4-6-14(19-2)7-5-13/h4-7,17H,3,8-11H2,1-2H3. The number of benzene rings is 1. The Balaban J connectivity index is 2.34. The van der Waals surface area contributed by atoms with Crippen molar-refractivity contribution in [2.45, 2.75) is 18.9 Å². The third kappa shape index (κ3) is 2.58. The molecule has 102 valence electrons. The highest BCUT2D eigenvalue weighted by Gasteiger charge is 2.37. The highest BCUT2D eigenvalue weighted by atomic mass is 16.5. The van der Waals surface area contributed by atoms with Crippen molar-refractivity contribution in [1.29, 1.82) is 5.26 Å². The molecule has 0 aromatic heterocycles. The molecule has 0 spiro atoms. The zero-order chi connectivity index (χ0) is 13.7. The molecule has 0 amide bonds. The lowest BCUT2D eigenvalue weighted by Gasteiger charge is -2.41. The molecule has 0 radical (unpaired) electrons. The maximum Gasteiger partial charge on any atom is 0.134 e. The summed E-state index contributed by atoms with van der Waals surface area (Å²) < 4.78 is 5.19. The first-order valence-corrected chi connectivity index (χ1v) is 6.78. The van der Waals surface area contributed by atoms with Gasteiger partial charge in [-0.25, -0.2) is 0 Å². The van der Waals surface area contributed by atoms with Crippen molar-refractivity contribution in [2.24, 2.45) is 0 Å². The fourth-order valence-corrected chi connectivity index (χ4v) is 2.74. The van der Waals surface area contributed by atoms with Crippen LogP contribution in [0.1, 0.15) is 18.9 Å². The summed E-state index contributed by atoms with van der Waals surface area (Å²) in [6.45, 7) is 5.79. The minimum atomic E-state index is -0.519. The van der Waals surface area contributed by atoms with Crippen molar-refractivity contribution in [3.8, 4) is 11.8 Å². The summed E-state index contributed by atoms with van der Waals surface area (Å²) in [6.07, 6.45) is 0.788. The van der Waals surface area contributed by atoms with Gasteiger partial charge in [-0.2, -0.15) is 5.26 Å². The molecule has 4 nitrogen and oxygen atoms in total. The highest BCUT2D eigenvalue weighted by molar-refractivity contribution is 5.36. The Labute approximate surface area is 115 Å². The quantitative estimate of drug-likeness (QED) is 0.894. The van der Waals surface area contributed by atoms with Gasteiger partial charge in [0.15, 0.2) is 0 Å². The van der Waals surface area contributed by atoms with Crippen LogP contribution in [0.2, 0.25) is 0 Å². The van der Waals surface area contributed by atoms with Crippen molar-refractivity contribution in [1.82, 2.24) is 10.2 Å². The summed E-state index contributed by atoms with van der Waals surface area (Å²) >= 11 is 0. The van der Waals surface area contributed by atoms with Crippen molar-refractivity contribution < 1.29 is 4.74 Å². The molecule has 1 N–H and O–H groups in total. The van der Waals surface area contributed by atoms with Gasteiger partial charge in [-0.3, -0.25) is 4.90 Å². The smallest absolute Gasteiger partial charge is 0.134 e. The van der Waals surface area contributed by atoms with E-state index < -0.39 is 5.54 Å². The summed E-state index contributed by atoms with van der Waals surface area (Å²) in [5, 5.41) is 13.1. The lowest BCUT2D eigenvalue weighted by atomic mass is 9.86. The Morgan fingerprint density at radius 2 is 1.95 bits per heavy atom. The van der Waals surface area contributed by atoms with Crippen LogP contribution >= 0.6 is 0 Å².